The largest absolute Gasteiger partial charge is 0.308 e. The first-order valence-electron chi connectivity index (χ1n) is 16.9. The van der Waals surface area contributed by atoms with Crippen molar-refractivity contribution in [3.63, 3.8) is 0 Å². The van der Waals surface area contributed by atoms with Gasteiger partial charge in [0.1, 0.15) is 0 Å². The van der Waals surface area contributed by atoms with E-state index in [-0.39, 0.29) is 0 Å². The Balaban J connectivity index is 1.64. The highest BCUT2D eigenvalue weighted by Crippen LogP contribution is 2.55. The topological polar surface area (TPSA) is 4.93 Å². The number of aromatic nitrogens is 1. The van der Waals surface area contributed by atoms with Crippen molar-refractivity contribution in [1.82, 2.24) is 4.57 Å². The first-order valence-corrected chi connectivity index (χ1v) is 16.9. The molecule has 0 amide bonds. The van der Waals surface area contributed by atoms with E-state index in [1.165, 1.54) is 83.1 Å². The molecule has 0 bridgehead atoms. The van der Waals surface area contributed by atoms with Crippen LogP contribution in [0.3, 0.4) is 0 Å². The molecule has 0 aliphatic heterocycles. The lowest BCUT2D eigenvalue weighted by Crippen LogP contribution is -2.07. The molecule has 0 N–H and O–H groups in total. The second kappa shape index (κ2) is 12.3. The van der Waals surface area contributed by atoms with Crippen molar-refractivity contribution < 1.29 is 0 Å². The van der Waals surface area contributed by atoms with Gasteiger partial charge in [0.15, 0.2) is 0 Å². The van der Waals surface area contributed by atoms with Gasteiger partial charge in [0, 0.05) is 33.0 Å². The van der Waals surface area contributed by atoms with Crippen LogP contribution < -0.4 is 0 Å². The van der Waals surface area contributed by atoms with Crippen LogP contribution >= 0.6 is 0 Å². The lowest BCUT2D eigenvalue weighted by Gasteiger charge is -2.29. The fraction of sp³-hybridized carbons (Fsp3) is 0. The highest BCUT2D eigenvalue weighted by Gasteiger charge is 2.30. The SMILES string of the molecule is c1ccc(-c2c(-c3ccccc3)c(-c3ccccc3)c(-n3c4ccccc4c4ccccc43)c(-c3ccccc3)c2-c2ccccc2)cc1. The Morgan fingerprint density at radius 1 is 0.224 bits per heavy atom. The van der Waals surface area contributed by atoms with E-state index in [2.05, 4.69) is 205 Å². The average molecular weight is 624 g/mol. The molecule has 8 aromatic carbocycles. The van der Waals surface area contributed by atoms with Crippen LogP contribution in [-0.2, 0) is 0 Å². The zero-order valence-corrected chi connectivity index (χ0v) is 27.0. The van der Waals surface area contributed by atoms with Gasteiger partial charge in [0.25, 0.3) is 0 Å². The molecule has 0 unspecified atom stereocenters. The summed E-state index contributed by atoms with van der Waals surface area (Å²) < 4.78 is 2.53. The van der Waals surface area contributed by atoms with Crippen LogP contribution in [0.15, 0.2) is 200 Å². The van der Waals surface area contributed by atoms with Crippen molar-refractivity contribution in [3.8, 4) is 61.3 Å². The minimum atomic E-state index is 1.17. The predicted molar refractivity (Wildman–Crippen MR) is 208 cm³/mol. The molecule has 9 rings (SSSR count). The molecule has 1 heterocycles. The van der Waals surface area contributed by atoms with Crippen molar-refractivity contribution in [2.45, 2.75) is 0 Å². The number of fused-ring (bicyclic) bond motifs is 3. The molecule has 1 nitrogen and oxygen atoms in total. The van der Waals surface area contributed by atoms with Gasteiger partial charge in [-0.05, 0) is 45.5 Å². The molecule has 0 fully saturated rings. The van der Waals surface area contributed by atoms with Crippen LogP contribution in [0.4, 0.5) is 0 Å². The van der Waals surface area contributed by atoms with E-state index in [9.17, 15) is 0 Å². The molecular formula is C48H33N. The van der Waals surface area contributed by atoms with Gasteiger partial charge in [-0.2, -0.15) is 0 Å². The number of hydrogen-bond acceptors (Lipinski definition) is 0. The first kappa shape index (κ1) is 28.8. The van der Waals surface area contributed by atoms with E-state index in [0.717, 1.165) is 0 Å². The molecule has 0 saturated carbocycles. The minimum absolute atomic E-state index is 1.17. The summed E-state index contributed by atoms with van der Waals surface area (Å²) in [6.45, 7) is 0. The number of rotatable bonds is 6. The fourth-order valence-electron chi connectivity index (χ4n) is 7.58. The fourth-order valence-corrected chi connectivity index (χ4v) is 7.58. The highest BCUT2D eigenvalue weighted by molar-refractivity contribution is 6.16. The lowest BCUT2D eigenvalue weighted by atomic mass is 9.77. The summed E-state index contributed by atoms with van der Waals surface area (Å²) in [5.74, 6) is 0. The van der Waals surface area contributed by atoms with Crippen LogP contribution in [0.1, 0.15) is 0 Å². The molecule has 1 heteroatoms. The van der Waals surface area contributed by atoms with Gasteiger partial charge in [-0.25, -0.2) is 0 Å². The summed E-state index contributed by atoms with van der Waals surface area (Å²) in [5, 5.41) is 2.48. The summed E-state index contributed by atoms with van der Waals surface area (Å²) in [6, 6.07) is 72.5. The van der Waals surface area contributed by atoms with Gasteiger partial charge in [-0.3, -0.25) is 0 Å². The third-order valence-corrected chi connectivity index (χ3v) is 9.59. The average Bonchev–Trinajstić information content (AvgIpc) is 3.52. The Labute approximate surface area is 287 Å². The van der Waals surface area contributed by atoms with Gasteiger partial charge < -0.3 is 4.57 Å². The number of benzene rings is 8. The summed E-state index contributed by atoms with van der Waals surface area (Å²) in [6.07, 6.45) is 0. The molecule has 0 radical (unpaired) electrons. The van der Waals surface area contributed by atoms with Crippen molar-refractivity contribution in [1.29, 1.82) is 0 Å². The normalized spacial score (nSPS) is 11.3. The predicted octanol–water partition coefficient (Wildman–Crippen LogP) is 13.1. The number of para-hydroxylation sites is 2. The van der Waals surface area contributed by atoms with Gasteiger partial charge in [0.2, 0.25) is 0 Å². The Morgan fingerprint density at radius 3 is 0.796 bits per heavy atom. The molecular weight excluding hydrogens is 591 g/mol. The molecule has 9 aromatic rings. The second-order valence-corrected chi connectivity index (χ2v) is 12.4. The van der Waals surface area contributed by atoms with Crippen LogP contribution in [-0.4, -0.2) is 4.57 Å². The molecule has 0 aliphatic carbocycles. The lowest BCUT2D eigenvalue weighted by molar-refractivity contribution is 1.18. The minimum Gasteiger partial charge on any atom is -0.308 e. The molecule has 1 aromatic heterocycles. The van der Waals surface area contributed by atoms with E-state index in [0.29, 0.717) is 0 Å². The van der Waals surface area contributed by atoms with Crippen molar-refractivity contribution in [2.24, 2.45) is 0 Å². The zero-order chi connectivity index (χ0) is 32.6. The van der Waals surface area contributed by atoms with Crippen molar-refractivity contribution >= 4 is 21.8 Å². The zero-order valence-electron chi connectivity index (χ0n) is 27.0. The summed E-state index contributed by atoms with van der Waals surface area (Å²) in [7, 11) is 0. The summed E-state index contributed by atoms with van der Waals surface area (Å²) in [4.78, 5) is 0. The van der Waals surface area contributed by atoms with Crippen LogP contribution in [0.2, 0.25) is 0 Å². The molecule has 0 spiro atoms. The van der Waals surface area contributed by atoms with Crippen LogP contribution in [0, 0.1) is 0 Å². The maximum Gasteiger partial charge on any atom is 0.0631 e. The van der Waals surface area contributed by atoms with Gasteiger partial charge >= 0.3 is 0 Å². The highest BCUT2D eigenvalue weighted by atomic mass is 15.0. The first-order chi connectivity index (χ1) is 24.4. The molecule has 0 atom stereocenters. The Kier molecular flexibility index (Phi) is 7.22. The van der Waals surface area contributed by atoms with Crippen molar-refractivity contribution in [3.05, 3.63) is 200 Å². The second-order valence-electron chi connectivity index (χ2n) is 12.4. The molecule has 0 aliphatic rings. The van der Waals surface area contributed by atoms with E-state index in [1.54, 1.807) is 0 Å². The quantitative estimate of drug-likeness (QED) is 0.174. The summed E-state index contributed by atoms with van der Waals surface area (Å²) in [5.41, 5.74) is 15.5. The Bertz CT molecular complexity index is 2390. The third kappa shape index (κ3) is 4.87. The van der Waals surface area contributed by atoms with Crippen LogP contribution in [0.25, 0.3) is 83.1 Å². The maximum absolute atomic E-state index is 2.53. The Hall–Kier alpha value is -6.44. The monoisotopic (exact) mass is 623 g/mol. The van der Waals surface area contributed by atoms with Gasteiger partial charge in [-0.1, -0.05) is 188 Å². The number of nitrogens with zero attached hydrogens (tertiary/aromatic N) is 1. The maximum atomic E-state index is 2.53. The molecule has 0 saturated heterocycles. The smallest absolute Gasteiger partial charge is 0.0631 e. The van der Waals surface area contributed by atoms with Crippen molar-refractivity contribution in [2.75, 3.05) is 0 Å². The molecule has 230 valence electrons. The summed E-state index contributed by atoms with van der Waals surface area (Å²) >= 11 is 0. The Morgan fingerprint density at radius 2 is 0.469 bits per heavy atom. The van der Waals surface area contributed by atoms with E-state index in [1.807, 2.05) is 0 Å². The van der Waals surface area contributed by atoms with E-state index in [4.69, 9.17) is 0 Å². The third-order valence-electron chi connectivity index (χ3n) is 9.59. The molecule has 49 heavy (non-hydrogen) atoms. The van der Waals surface area contributed by atoms with E-state index < -0.39 is 0 Å². The van der Waals surface area contributed by atoms with Gasteiger partial charge in [-0.15, -0.1) is 0 Å². The standard InChI is InChI=1S/C48H33N/c1-6-20-34(21-7-1)43-44(35-22-8-2-9-23-35)46(37-26-12-4-13-27-37)48(49-41-32-18-16-30-39(41)40-31-17-19-33-42(40)49)47(38-28-14-5-15-29-38)45(43)36-24-10-3-11-25-36/h1-33H. The number of hydrogen-bond donors (Lipinski definition) is 0. The van der Waals surface area contributed by atoms with E-state index >= 15 is 0 Å². The van der Waals surface area contributed by atoms with Crippen LogP contribution in [0.5, 0.6) is 0 Å². The van der Waals surface area contributed by atoms with Gasteiger partial charge in [0.05, 0.1) is 16.7 Å².